The first-order valence-corrected chi connectivity index (χ1v) is 5.96. The molecule has 5 nitrogen and oxygen atoms in total. The van der Waals surface area contributed by atoms with Crippen LogP contribution in [0.15, 0.2) is 47.7 Å². The van der Waals surface area contributed by atoms with Gasteiger partial charge in [0.15, 0.2) is 5.11 Å². The number of hydrazone groups is 1. The third kappa shape index (κ3) is 3.75. The summed E-state index contributed by atoms with van der Waals surface area (Å²) in [7, 11) is 0. The molecule has 0 bridgehead atoms. The molecule has 6 heteroatoms. The monoisotopic (exact) mass is 271 g/mol. The van der Waals surface area contributed by atoms with E-state index in [0.29, 0.717) is 5.69 Å². The Morgan fingerprint density at radius 3 is 2.63 bits per heavy atom. The smallest absolute Gasteiger partial charge is 0.184 e. The predicted octanol–water partition coefficient (Wildman–Crippen LogP) is 1.50. The molecule has 0 aliphatic carbocycles. The highest BCUT2D eigenvalue weighted by Gasteiger charge is 1.99. The molecule has 0 atom stereocenters. The second-order valence-corrected chi connectivity index (χ2v) is 4.27. The maximum atomic E-state index is 5.66. The molecule has 1 aromatic heterocycles. The lowest BCUT2D eigenvalue weighted by Gasteiger charge is -2.03. The molecule has 1 heterocycles. The van der Waals surface area contributed by atoms with Crippen LogP contribution in [0.3, 0.4) is 0 Å². The normalized spacial score (nSPS) is 10.5. The van der Waals surface area contributed by atoms with Gasteiger partial charge in [-0.15, -0.1) is 0 Å². The fourth-order valence-electron chi connectivity index (χ4n) is 1.54. The standard InChI is InChI=1S/C13H13N5S/c14-11-3-1-9(2-4-11)10-5-6-16-12(7-10)8-17-18-13(15)19/h1-8H,14H2,(H3,15,18,19)/b17-8-. The second-order valence-electron chi connectivity index (χ2n) is 3.83. The van der Waals surface area contributed by atoms with Gasteiger partial charge in [0.05, 0.1) is 11.9 Å². The Hall–Kier alpha value is -2.47. The van der Waals surface area contributed by atoms with Gasteiger partial charge in [0, 0.05) is 11.9 Å². The van der Waals surface area contributed by atoms with Crippen LogP contribution in [0.5, 0.6) is 0 Å². The Kier molecular flexibility index (Phi) is 4.04. The Balaban J connectivity index is 2.21. The van der Waals surface area contributed by atoms with Crippen LogP contribution in [0, 0.1) is 0 Å². The molecule has 0 amide bonds. The van der Waals surface area contributed by atoms with Gasteiger partial charge >= 0.3 is 0 Å². The predicted molar refractivity (Wildman–Crippen MR) is 81.6 cm³/mol. The van der Waals surface area contributed by atoms with Crippen molar-refractivity contribution < 1.29 is 0 Å². The van der Waals surface area contributed by atoms with Gasteiger partial charge in [-0.25, -0.2) is 0 Å². The summed E-state index contributed by atoms with van der Waals surface area (Å²) in [5.41, 5.74) is 17.0. The average molecular weight is 271 g/mol. The fraction of sp³-hybridized carbons (Fsp3) is 0. The van der Waals surface area contributed by atoms with Crippen LogP contribution in [-0.2, 0) is 0 Å². The van der Waals surface area contributed by atoms with Crippen LogP contribution < -0.4 is 16.9 Å². The van der Waals surface area contributed by atoms with E-state index in [9.17, 15) is 0 Å². The van der Waals surface area contributed by atoms with Crippen LogP contribution >= 0.6 is 12.2 Å². The van der Waals surface area contributed by atoms with Gasteiger partial charge in [-0.3, -0.25) is 10.4 Å². The maximum Gasteiger partial charge on any atom is 0.184 e. The maximum absolute atomic E-state index is 5.66. The van der Waals surface area contributed by atoms with E-state index in [-0.39, 0.29) is 5.11 Å². The molecule has 2 aromatic rings. The van der Waals surface area contributed by atoms with E-state index in [0.717, 1.165) is 16.8 Å². The Morgan fingerprint density at radius 1 is 1.21 bits per heavy atom. The van der Waals surface area contributed by atoms with E-state index in [1.54, 1.807) is 12.4 Å². The minimum absolute atomic E-state index is 0.117. The highest BCUT2D eigenvalue weighted by molar-refractivity contribution is 7.80. The van der Waals surface area contributed by atoms with Gasteiger partial charge in [-0.1, -0.05) is 12.1 Å². The number of aromatic nitrogens is 1. The topological polar surface area (TPSA) is 89.3 Å². The van der Waals surface area contributed by atoms with Gasteiger partial charge in [0.2, 0.25) is 0 Å². The highest BCUT2D eigenvalue weighted by atomic mass is 32.1. The van der Waals surface area contributed by atoms with Gasteiger partial charge < -0.3 is 11.5 Å². The largest absolute Gasteiger partial charge is 0.399 e. The number of benzene rings is 1. The summed E-state index contributed by atoms with van der Waals surface area (Å²) in [4.78, 5) is 4.18. The zero-order valence-corrected chi connectivity index (χ0v) is 10.9. The van der Waals surface area contributed by atoms with E-state index in [1.807, 2.05) is 36.4 Å². The van der Waals surface area contributed by atoms with Crippen molar-refractivity contribution in [3.63, 3.8) is 0 Å². The summed E-state index contributed by atoms with van der Waals surface area (Å²) < 4.78 is 0. The molecule has 0 saturated heterocycles. The van der Waals surface area contributed by atoms with E-state index in [4.69, 9.17) is 11.5 Å². The molecule has 0 unspecified atom stereocenters. The highest BCUT2D eigenvalue weighted by Crippen LogP contribution is 2.20. The molecule has 0 aliphatic rings. The SMILES string of the molecule is NC(=S)N/N=C\c1cc(-c2ccc(N)cc2)ccn1. The lowest BCUT2D eigenvalue weighted by molar-refractivity contribution is 1.04. The summed E-state index contributed by atoms with van der Waals surface area (Å²) in [6, 6.07) is 11.5. The van der Waals surface area contributed by atoms with E-state index in [1.165, 1.54) is 0 Å². The summed E-state index contributed by atoms with van der Waals surface area (Å²) in [6.45, 7) is 0. The number of nitrogens with two attached hydrogens (primary N) is 2. The summed E-state index contributed by atoms with van der Waals surface area (Å²) in [5, 5.41) is 3.98. The molecule has 0 radical (unpaired) electrons. The molecule has 0 aliphatic heterocycles. The van der Waals surface area contributed by atoms with E-state index < -0.39 is 0 Å². The first kappa shape index (κ1) is 13.0. The lowest BCUT2D eigenvalue weighted by Crippen LogP contribution is -2.24. The van der Waals surface area contributed by atoms with Crippen molar-refractivity contribution in [1.29, 1.82) is 0 Å². The lowest BCUT2D eigenvalue weighted by atomic mass is 10.1. The third-order valence-corrected chi connectivity index (χ3v) is 2.49. The van der Waals surface area contributed by atoms with Crippen LogP contribution in [-0.4, -0.2) is 16.3 Å². The molecule has 0 fully saturated rings. The quantitative estimate of drug-likeness (QED) is 0.341. The Morgan fingerprint density at radius 2 is 1.95 bits per heavy atom. The van der Waals surface area contributed by atoms with E-state index >= 15 is 0 Å². The minimum atomic E-state index is 0.117. The fourth-order valence-corrected chi connectivity index (χ4v) is 1.59. The number of anilines is 1. The molecule has 96 valence electrons. The molecule has 5 N–H and O–H groups in total. The molecule has 19 heavy (non-hydrogen) atoms. The molecule has 1 aromatic carbocycles. The Labute approximate surface area is 116 Å². The van der Waals surface area contributed by atoms with Crippen molar-refractivity contribution in [2.45, 2.75) is 0 Å². The van der Waals surface area contributed by atoms with Gasteiger partial charge in [0.1, 0.15) is 0 Å². The number of nitrogens with one attached hydrogen (secondary N) is 1. The van der Waals surface area contributed by atoms with Gasteiger partial charge in [0.25, 0.3) is 0 Å². The molecular formula is C13H13N5S. The molecule has 2 rings (SSSR count). The number of hydrogen-bond donors (Lipinski definition) is 3. The van der Waals surface area contributed by atoms with Crippen molar-refractivity contribution >= 4 is 29.2 Å². The first-order chi connectivity index (χ1) is 9.15. The molecule has 0 saturated carbocycles. The van der Waals surface area contributed by atoms with Crippen molar-refractivity contribution in [3.8, 4) is 11.1 Å². The molecule has 0 spiro atoms. The van der Waals surface area contributed by atoms with E-state index in [2.05, 4.69) is 27.7 Å². The van der Waals surface area contributed by atoms with Crippen LogP contribution in [0.2, 0.25) is 0 Å². The van der Waals surface area contributed by atoms with Gasteiger partial charge in [-0.05, 0) is 47.6 Å². The van der Waals surface area contributed by atoms with Crippen LogP contribution in [0.1, 0.15) is 5.69 Å². The minimum Gasteiger partial charge on any atom is -0.399 e. The first-order valence-electron chi connectivity index (χ1n) is 5.55. The Bertz CT molecular complexity index is 607. The van der Waals surface area contributed by atoms with Crippen molar-refractivity contribution in [3.05, 3.63) is 48.3 Å². The number of hydrogen-bond acceptors (Lipinski definition) is 4. The number of pyridine rings is 1. The zero-order chi connectivity index (χ0) is 13.7. The van der Waals surface area contributed by atoms with Crippen molar-refractivity contribution in [1.82, 2.24) is 10.4 Å². The van der Waals surface area contributed by atoms with Crippen molar-refractivity contribution in [2.75, 3.05) is 5.73 Å². The van der Waals surface area contributed by atoms with Crippen LogP contribution in [0.4, 0.5) is 5.69 Å². The zero-order valence-electron chi connectivity index (χ0n) is 10.1. The molecular weight excluding hydrogens is 258 g/mol. The summed E-state index contributed by atoms with van der Waals surface area (Å²) in [6.07, 6.45) is 3.27. The number of rotatable bonds is 3. The van der Waals surface area contributed by atoms with Crippen molar-refractivity contribution in [2.24, 2.45) is 10.8 Å². The van der Waals surface area contributed by atoms with Gasteiger partial charge in [-0.2, -0.15) is 5.10 Å². The average Bonchev–Trinajstić information content (AvgIpc) is 2.39. The second kappa shape index (κ2) is 5.92. The number of nitrogens with zero attached hydrogens (tertiary/aromatic N) is 2. The third-order valence-electron chi connectivity index (χ3n) is 2.40. The summed E-state index contributed by atoms with van der Waals surface area (Å²) >= 11 is 4.65. The number of nitrogen functional groups attached to an aromatic ring is 1. The van der Waals surface area contributed by atoms with Crippen LogP contribution in [0.25, 0.3) is 11.1 Å². The summed E-state index contributed by atoms with van der Waals surface area (Å²) in [5.74, 6) is 0. The number of thiocarbonyl (C=S) groups is 1.